The first-order chi connectivity index (χ1) is 34.1. The lowest BCUT2D eigenvalue weighted by Gasteiger charge is -2.30. The van der Waals surface area contributed by atoms with E-state index >= 15 is 0 Å². The molecule has 0 spiro atoms. The normalized spacial score (nSPS) is 21.7. The van der Waals surface area contributed by atoms with Crippen LogP contribution in [0.25, 0.3) is 21.5 Å². The Balaban J connectivity index is 1.25. The average Bonchev–Trinajstić information content (AvgIpc) is 3.95. The average molecular weight is 1060 g/mol. The van der Waals surface area contributed by atoms with Gasteiger partial charge in [-0.25, -0.2) is 20.3 Å². The van der Waals surface area contributed by atoms with E-state index in [1.54, 1.807) is 18.6 Å². The van der Waals surface area contributed by atoms with Crippen molar-refractivity contribution in [1.82, 2.24) is 4.90 Å². The molecule has 4 aromatic rings. The van der Waals surface area contributed by atoms with E-state index in [2.05, 4.69) is 98.7 Å². The van der Waals surface area contributed by atoms with Gasteiger partial charge in [-0.1, -0.05) is 99.3 Å². The Bertz CT molecular complexity index is 3040. The summed E-state index contributed by atoms with van der Waals surface area (Å²) in [6, 6.07) is 18.4. The van der Waals surface area contributed by atoms with Gasteiger partial charge in [0.05, 0.1) is 30.0 Å². The minimum absolute atomic E-state index is 0.0471. The molecule has 2 atom stereocenters. The molecule has 2 fully saturated rings. The van der Waals surface area contributed by atoms with E-state index in [-0.39, 0.29) is 24.3 Å². The van der Waals surface area contributed by atoms with Crippen molar-refractivity contribution in [3.63, 3.8) is 0 Å². The Labute approximate surface area is 433 Å². The number of nitrogens with zero attached hydrogens (tertiary/aromatic N) is 4. The molecule has 3 aliphatic heterocycles. The fourth-order valence-electron chi connectivity index (χ4n) is 10.9. The molecule has 72 heavy (non-hydrogen) atoms. The minimum Gasteiger partial charge on any atom is -0.363 e. The number of hydrogen-bond acceptors (Lipinski definition) is 17. The summed E-state index contributed by atoms with van der Waals surface area (Å²) in [5.74, 6) is 0. The van der Waals surface area contributed by atoms with Gasteiger partial charge in [0.15, 0.2) is 13.1 Å². The Morgan fingerprint density at radius 3 is 1.68 bits per heavy atom. The first-order valence-corrected chi connectivity index (χ1v) is 28.1. The molecule has 1 saturated carbocycles. The molecule has 8 rings (SSSR count). The Morgan fingerprint density at radius 2 is 1.24 bits per heavy atom. The fraction of sp³-hybridized carbons (Fsp3) is 0.404. The molecule has 2 unspecified atom stereocenters. The van der Waals surface area contributed by atoms with Crippen LogP contribution in [0.1, 0.15) is 71.4 Å². The van der Waals surface area contributed by atoms with Crippen LogP contribution in [0, 0.1) is 0 Å². The predicted octanol–water partition coefficient (Wildman–Crippen LogP) is 10.1. The number of thioether (sulfide) groups is 2. The van der Waals surface area contributed by atoms with Crippen molar-refractivity contribution in [3.8, 4) is 0 Å². The summed E-state index contributed by atoms with van der Waals surface area (Å²) in [5.41, 5.74) is 9.10. The largest absolute Gasteiger partial charge is 0.363 e. The maximum Gasteiger partial charge on any atom is 0.294 e. The molecule has 0 radical (unpaired) electrons. The molecule has 3 heterocycles. The van der Waals surface area contributed by atoms with E-state index in [0.29, 0.717) is 11.9 Å². The smallest absolute Gasteiger partial charge is 0.294 e. The van der Waals surface area contributed by atoms with E-state index in [1.807, 2.05) is 43.3 Å². The van der Waals surface area contributed by atoms with Gasteiger partial charge in [-0.2, -0.15) is 18.2 Å². The quantitative estimate of drug-likeness (QED) is 0.0145. The SMILES string of the molecule is C=C(C)N1CC[N+](=C2C(=CC=C3N(CCC(O)(OO)SC)c4ccc5cc(SOOO)ccc5c4C3(C)C)CCC2=C/C=C2/N(CCC(O)(OO)SC)c3ccc4cc(S(=O)(=O)O)ccc4c3C2(C)C)CC1. The lowest BCUT2D eigenvalue weighted by Crippen LogP contribution is -2.43. The second-order valence-electron chi connectivity index (χ2n) is 19.5. The lowest BCUT2D eigenvalue weighted by molar-refractivity contribution is -0.537. The Morgan fingerprint density at radius 1 is 0.750 bits per heavy atom. The van der Waals surface area contributed by atoms with Crippen molar-refractivity contribution < 1.29 is 62.7 Å². The van der Waals surface area contributed by atoms with Crippen LogP contribution in [-0.2, 0) is 40.1 Å². The number of piperazine rings is 1. The molecule has 6 N–H and O–H groups in total. The van der Waals surface area contributed by atoms with Crippen molar-refractivity contribution in [2.24, 2.45) is 0 Å². The summed E-state index contributed by atoms with van der Waals surface area (Å²) in [5, 5.41) is 54.1. The standard InChI is InChI=1S/C52H62N4O12S4/c1-33(2)53-27-29-54(30-28-53)48-34(13-21-44-49(3,4)46-40-17-15-38(71-68-67-61)31-36(40)11-19-42(46)55(44)25-23-51(57,65-59)69-7)9-10-35(48)14-22-45-50(5,6)47-41-18-16-39(72(62,63)64)32-37(41)12-20-43(47)56(45)26-24-52(58,66-60)70-8/h11-22,31-32,57-58H,1,9-10,23-30H2,2-8H3,(H3-,59,60,61,62,63,64)/p+1. The molecule has 16 nitrogen and oxygen atoms in total. The maximum absolute atomic E-state index is 12.2. The van der Waals surface area contributed by atoms with Crippen LogP contribution in [0.3, 0.4) is 0 Å². The first kappa shape index (κ1) is 54.0. The molecule has 386 valence electrons. The molecule has 4 aliphatic rings. The highest BCUT2D eigenvalue weighted by Gasteiger charge is 2.45. The highest BCUT2D eigenvalue weighted by Crippen LogP contribution is 2.53. The summed E-state index contributed by atoms with van der Waals surface area (Å²) in [6.45, 7) is 18.6. The van der Waals surface area contributed by atoms with Crippen LogP contribution in [0.2, 0.25) is 0 Å². The first-order valence-electron chi connectivity index (χ1n) is 23.5. The summed E-state index contributed by atoms with van der Waals surface area (Å²) in [6.07, 6.45) is 13.7. The summed E-state index contributed by atoms with van der Waals surface area (Å²) in [7, 11) is -4.44. The van der Waals surface area contributed by atoms with E-state index in [0.717, 1.165) is 152 Å². The van der Waals surface area contributed by atoms with Crippen molar-refractivity contribution >= 4 is 84.3 Å². The third-order valence-corrected chi connectivity index (χ3v) is 17.9. The van der Waals surface area contributed by atoms with Gasteiger partial charge in [-0.3, -0.25) is 4.55 Å². The molecular weight excluding hydrogens is 1000 g/mol. The molecule has 0 bridgehead atoms. The molecule has 20 heteroatoms. The van der Waals surface area contributed by atoms with Crippen molar-refractivity contribution in [3.05, 3.63) is 131 Å². The van der Waals surface area contributed by atoms with E-state index < -0.39 is 31.2 Å². The Kier molecular flexibility index (Phi) is 15.9. The van der Waals surface area contributed by atoms with Gasteiger partial charge in [-0.05, 0) is 113 Å². The third-order valence-electron chi connectivity index (χ3n) is 14.6. The van der Waals surface area contributed by atoms with Gasteiger partial charge < -0.3 is 24.9 Å². The van der Waals surface area contributed by atoms with Crippen LogP contribution < -0.4 is 9.80 Å². The number of fused-ring (bicyclic) bond motifs is 6. The predicted molar refractivity (Wildman–Crippen MR) is 286 cm³/mol. The molecule has 4 aromatic carbocycles. The van der Waals surface area contributed by atoms with Gasteiger partial charge >= 0.3 is 0 Å². The van der Waals surface area contributed by atoms with Crippen LogP contribution in [0.15, 0.2) is 130 Å². The molecular formula is C52H63N4O12S4+. The number of benzene rings is 4. The van der Waals surface area contributed by atoms with E-state index in [1.165, 1.54) is 12.1 Å². The second-order valence-corrected chi connectivity index (χ2v) is 23.8. The summed E-state index contributed by atoms with van der Waals surface area (Å²) < 4.78 is 41.4. The highest BCUT2D eigenvalue weighted by molar-refractivity contribution is 7.99. The topological polar surface area (TPSA) is 205 Å². The lowest BCUT2D eigenvalue weighted by atomic mass is 9.81. The van der Waals surface area contributed by atoms with Gasteiger partial charge in [0.2, 0.25) is 15.9 Å². The van der Waals surface area contributed by atoms with Crippen LogP contribution in [0.5, 0.6) is 0 Å². The van der Waals surface area contributed by atoms with Gasteiger partial charge in [0.25, 0.3) is 10.1 Å². The molecule has 0 aromatic heterocycles. The van der Waals surface area contributed by atoms with Crippen LogP contribution >= 0.6 is 35.6 Å². The van der Waals surface area contributed by atoms with E-state index in [4.69, 9.17) is 9.59 Å². The number of allylic oxidation sites excluding steroid dienone is 9. The maximum atomic E-state index is 12.2. The number of aliphatic hydroxyl groups is 2. The highest BCUT2D eigenvalue weighted by atomic mass is 32.2. The molecule has 1 aliphatic carbocycles. The van der Waals surface area contributed by atoms with Gasteiger partial charge in [0.1, 0.15) is 0 Å². The monoisotopic (exact) mass is 1060 g/mol. The third kappa shape index (κ3) is 10.4. The second kappa shape index (κ2) is 21.2. The Hall–Kier alpha value is -4.23. The number of rotatable bonds is 17. The number of anilines is 2. The van der Waals surface area contributed by atoms with Gasteiger partial charge in [0, 0.05) is 81.3 Å². The summed E-state index contributed by atoms with van der Waals surface area (Å²) >= 11 is 2.89. The van der Waals surface area contributed by atoms with Crippen molar-refractivity contribution in [1.29, 1.82) is 0 Å². The zero-order valence-electron chi connectivity index (χ0n) is 41.4. The fourth-order valence-corrected chi connectivity index (χ4v) is 12.5. The van der Waals surface area contributed by atoms with Crippen LogP contribution in [-0.4, -0.2) is 116 Å². The van der Waals surface area contributed by atoms with E-state index in [9.17, 15) is 33.7 Å². The zero-order chi connectivity index (χ0) is 52.0. The van der Waals surface area contributed by atoms with Gasteiger partial charge in [-0.15, -0.1) is 4.33 Å². The molecule has 0 amide bonds. The minimum atomic E-state index is -4.44. The summed E-state index contributed by atoms with van der Waals surface area (Å²) in [4.78, 5) is 16.3. The molecule has 1 saturated heterocycles. The van der Waals surface area contributed by atoms with Crippen molar-refractivity contribution in [2.75, 3.05) is 61.6 Å². The number of hydrogen-bond donors (Lipinski definition) is 6. The van der Waals surface area contributed by atoms with Crippen molar-refractivity contribution in [2.45, 2.75) is 91.2 Å². The van der Waals surface area contributed by atoms with Crippen LogP contribution in [0.4, 0.5) is 11.4 Å². The zero-order valence-corrected chi connectivity index (χ0v) is 44.7.